The fraction of sp³-hybridized carbons (Fsp3) is 0.324. The number of nitrogens with zero attached hydrogens (tertiary/aromatic N) is 5. The van der Waals surface area contributed by atoms with Crippen LogP contribution in [0.25, 0.3) is 16.8 Å². The van der Waals surface area contributed by atoms with E-state index in [0.29, 0.717) is 18.0 Å². The molecule has 0 saturated heterocycles. The molecule has 0 bridgehead atoms. The Morgan fingerprint density at radius 1 is 1.05 bits per heavy atom. The number of hydrogen-bond acceptors (Lipinski definition) is 5. The van der Waals surface area contributed by atoms with Gasteiger partial charge >= 0.3 is 0 Å². The molecule has 1 saturated carbocycles. The number of aliphatic imine (C=N–C) groups is 1. The minimum atomic E-state index is -0.206. The Balaban J connectivity index is 1.16. The molecule has 1 fully saturated rings. The number of allylic oxidation sites excluding steroid dienone is 1. The third kappa shape index (κ3) is 6.70. The first kappa shape index (κ1) is 29.3. The first-order valence-corrected chi connectivity index (χ1v) is 15.5. The van der Waals surface area contributed by atoms with Crippen LogP contribution < -0.4 is 5.32 Å². The molecule has 2 unspecified atom stereocenters. The van der Waals surface area contributed by atoms with Gasteiger partial charge in [0.25, 0.3) is 0 Å². The predicted octanol–water partition coefficient (Wildman–Crippen LogP) is 6.16. The van der Waals surface area contributed by atoms with Gasteiger partial charge in [-0.05, 0) is 66.7 Å². The van der Waals surface area contributed by atoms with Crippen LogP contribution in [0.2, 0.25) is 0 Å². The summed E-state index contributed by atoms with van der Waals surface area (Å²) in [4.78, 5) is 27.8. The van der Waals surface area contributed by atoms with Gasteiger partial charge in [0.15, 0.2) is 0 Å². The molecule has 3 heterocycles. The largest absolute Gasteiger partial charge is 0.351 e. The van der Waals surface area contributed by atoms with E-state index in [2.05, 4.69) is 63.6 Å². The fourth-order valence-electron chi connectivity index (χ4n) is 6.50. The zero-order valence-corrected chi connectivity index (χ0v) is 25.4. The highest BCUT2D eigenvalue weighted by molar-refractivity contribution is 6.11. The number of carbonyl (C=O) groups is 1. The van der Waals surface area contributed by atoms with Crippen molar-refractivity contribution >= 4 is 17.7 Å². The molecule has 44 heavy (non-hydrogen) atoms. The normalized spacial score (nSPS) is 20.1. The van der Waals surface area contributed by atoms with Crippen molar-refractivity contribution in [3.05, 3.63) is 107 Å². The first-order chi connectivity index (χ1) is 21.5. The number of hydrogen-bond donors (Lipinski definition) is 1. The average Bonchev–Trinajstić information content (AvgIpc) is 3.70. The summed E-state index contributed by atoms with van der Waals surface area (Å²) < 4.78 is 1.75. The lowest BCUT2D eigenvalue weighted by molar-refractivity contribution is -0.124. The van der Waals surface area contributed by atoms with E-state index >= 15 is 0 Å². The van der Waals surface area contributed by atoms with Crippen molar-refractivity contribution in [1.82, 2.24) is 25.1 Å². The zero-order chi connectivity index (χ0) is 30.5. The maximum Gasteiger partial charge on any atom is 0.228 e. The van der Waals surface area contributed by atoms with Gasteiger partial charge < -0.3 is 5.32 Å². The summed E-state index contributed by atoms with van der Waals surface area (Å²) in [5, 5.41) is 7.52. The van der Waals surface area contributed by atoms with Crippen LogP contribution in [0.4, 0.5) is 0 Å². The highest BCUT2D eigenvalue weighted by Crippen LogP contribution is 2.40. The van der Waals surface area contributed by atoms with Crippen LogP contribution in [-0.4, -0.2) is 37.9 Å². The molecule has 2 aliphatic rings. The predicted molar refractivity (Wildman–Crippen MR) is 175 cm³/mol. The Kier molecular flexibility index (Phi) is 8.79. The Hall–Kier alpha value is -4.83. The van der Waals surface area contributed by atoms with Crippen molar-refractivity contribution in [3.63, 3.8) is 0 Å². The van der Waals surface area contributed by atoms with Crippen molar-refractivity contribution in [2.75, 3.05) is 0 Å². The molecule has 6 rings (SSSR count). The van der Waals surface area contributed by atoms with E-state index in [9.17, 15) is 4.79 Å². The van der Waals surface area contributed by atoms with Crippen LogP contribution in [0.15, 0.2) is 84.3 Å². The van der Waals surface area contributed by atoms with Gasteiger partial charge in [-0.1, -0.05) is 66.6 Å². The smallest absolute Gasteiger partial charge is 0.228 e. The summed E-state index contributed by atoms with van der Waals surface area (Å²) in [5.41, 5.74) is 6.77. The highest BCUT2D eigenvalue weighted by Gasteiger charge is 2.33. The molecule has 4 aromatic rings. The number of rotatable bonds is 9. The van der Waals surface area contributed by atoms with Gasteiger partial charge in [-0.15, -0.1) is 6.42 Å². The lowest BCUT2D eigenvalue weighted by Gasteiger charge is -2.33. The molecule has 1 amide bonds. The second-order valence-electron chi connectivity index (χ2n) is 12.0. The fourth-order valence-corrected chi connectivity index (χ4v) is 6.50. The molecular formula is C37H38N6O. The first-order valence-electron chi connectivity index (χ1n) is 15.5. The van der Waals surface area contributed by atoms with E-state index in [0.717, 1.165) is 71.4 Å². The maximum atomic E-state index is 13.8. The van der Waals surface area contributed by atoms with Crippen LogP contribution in [0.1, 0.15) is 66.6 Å². The summed E-state index contributed by atoms with van der Waals surface area (Å²) in [6, 6.07) is 18.8. The standard InChI is InChI=1S/C37H38N6O/c1-4-28-21-39-34(42-36(28)33-23-41-43(3)24-33)19-26-10-12-30(13-11-26)35(37(44)40-20-27-8-6-5-7-9-27)31-16-14-29(15-17-31)32-18-25(2)38-22-32/h1,5-9,14-18,21-26,30,35H,10-13,19-20H2,2-3H3,(H,40,44)/t25?,26-,30-,35?. The summed E-state index contributed by atoms with van der Waals surface area (Å²) in [6.07, 6.45) is 20.1. The van der Waals surface area contributed by atoms with Crippen molar-refractivity contribution in [1.29, 1.82) is 0 Å². The molecule has 1 aliphatic carbocycles. The number of benzene rings is 2. The highest BCUT2D eigenvalue weighted by atomic mass is 16.1. The molecule has 222 valence electrons. The van der Waals surface area contributed by atoms with Gasteiger partial charge in [0.05, 0.1) is 29.4 Å². The Morgan fingerprint density at radius 2 is 1.82 bits per heavy atom. The maximum absolute atomic E-state index is 13.8. The van der Waals surface area contributed by atoms with Gasteiger partial charge in [0.1, 0.15) is 5.82 Å². The SMILES string of the molecule is C#Cc1cnc(C[C@H]2CC[C@H](C(C(=O)NCc3ccccc3)c3ccc(C4=CC(C)N=C4)cc3)CC2)nc1-c1cnn(C)c1. The molecule has 0 spiro atoms. The van der Waals surface area contributed by atoms with Crippen molar-refractivity contribution < 1.29 is 4.79 Å². The lowest BCUT2D eigenvalue weighted by Crippen LogP contribution is -2.35. The lowest BCUT2D eigenvalue weighted by atomic mass is 9.72. The minimum Gasteiger partial charge on any atom is -0.351 e. The van der Waals surface area contributed by atoms with E-state index in [1.54, 1.807) is 17.1 Å². The summed E-state index contributed by atoms with van der Waals surface area (Å²) >= 11 is 0. The number of aromatic nitrogens is 4. The third-order valence-electron chi connectivity index (χ3n) is 8.87. The second-order valence-corrected chi connectivity index (χ2v) is 12.0. The number of terminal acetylenes is 1. The van der Waals surface area contributed by atoms with Gasteiger partial charge in [0.2, 0.25) is 5.91 Å². The van der Waals surface area contributed by atoms with Crippen LogP contribution in [0.5, 0.6) is 0 Å². The molecule has 0 radical (unpaired) electrons. The average molecular weight is 583 g/mol. The summed E-state index contributed by atoms with van der Waals surface area (Å²) in [6.45, 7) is 2.61. The Morgan fingerprint density at radius 3 is 2.48 bits per heavy atom. The molecule has 1 N–H and O–H groups in total. The molecule has 7 nitrogen and oxygen atoms in total. The van der Waals surface area contributed by atoms with Crippen molar-refractivity contribution in [3.8, 4) is 23.6 Å². The van der Waals surface area contributed by atoms with E-state index in [1.807, 2.05) is 49.8 Å². The second kappa shape index (κ2) is 13.2. The number of aryl methyl sites for hydroxylation is 1. The van der Waals surface area contributed by atoms with Gasteiger partial charge in [-0.3, -0.25) is 14.5 Å². The quantitative estimate of drug-likeness (QED) is 0.240. The van der Waals surface area contributed by atoms with Crippen LogP contribution >= 0.6 is 0 Å². The van der Waals surface area contributed by atoms with Crippen LogP contribution in [-0.2, 0) is 24.8 Å². The van der Waals surface area contributed by atoms with E-state index in [4.69, 9.17) is 11.4 Å². The molecular weight excluding hydrogens is 544 g/mol. The summed E-state index contributed by atoms with van der Waals surface area (Å²) in [5.74, 6) is 4.12. The Bertz CT molecular complexity index is 1700. The Labute approximate surface area is 259 Å². The van der Waals surface area contributed by atoms with Crippen molar-refractivity contribution in [2.24, 2.45) is 23.9 Å². The summed E-state index contributed by atoms with van der Waals surface area (Å²) in [7, 11) is 1.88. The number of carbonyl (C=O) groups excluding carboxylic acids is 1. The third-order valence-corrected chi connectivity index (χ3v) is 8.87. The van der Waals surface area contributed by atoms with E-state index in [-0.39, 0.29) is 23.8 Å². The topological polar surface area (TPSA) is 85.1 Å². The monoisotopic (exact) mass is 582 g/mol. The van der Waals surface area contributed by atoms with Crippen LogP contribution in [0.3, 0.4) is 0 Å². The molecule has 2 aromatic carbocycles. The van der Waals surface area contributed by atoms with Gasteiger partial charge in [0, 0.05) is 44.2 Å². The molecule has 7 heteroatoms. The number of amides is 1. The molecule has 2 atom stereocenters. The minimum absolute atomic E-state index is 0.0923. The zero-order valence-electron chi connectivity index (χ0n) is 25.4. The molecule has 1 aliphatic heterocycles. The van der Waals surface area contributed by atoms with Gasteiger partial charge in [-0.2, -0.15) is 5.10 Å². The van der Waals surface area contributed by atoms with Gasteiger partial charge in [-0.25, -0.2) is 9.97 Å². The number of nitrogens with one attached hydrogen (secondary N) is 1. The van der Waals surface area contributed by atoms with Crippen LogP contribution in [0, 0.1) is 24.2 Å². The molecule has 2 aromatic heterocycles. The van der Waals surface area contributed by atoms with Crippen molar-refractivity contribution in [2.45, 2.75) is 57.5 Å². The van der Waals surface area contributed by atoms with E-state index in [1.165, 1.54) is 0 Å². The van der Waals surface area contributed by atoms with E-state index < -0.39 is 0 Å².